The summed E-state index contributed by atoms with van der Waals surface area (Å²) >= 11 is 1.74. The lowest BCUT2D eigenvalue weighted by molar-refractivity contribution is -0.133. The van der Waals surface area contributed by atoms with E-state index in [-0.39, 0.29) is 23.8 Å². The molecule has 3 rings (SSSR count). The van der Waals surface area contributed by atoms with Crippen LogP contribution in [0.4, 0.5) is 0 Å². The Morgan fingerprint density at radius 3 is 2.70 bits per heavy atom. The Labute approximate surface area is 141 Å². The first-order chi connectivity index (χ1) is 11.2. The third kappa shape index (κ3) is 3.75. The predicted molar refractivity (Wildman–Crippen MR) is 91.2 cm³/mol. The first kappa shape index (κ1) is 16.5. The van der Waals surface area contributed by atoms with Gasteiger partial charge in [0.15, 0.2) is 0 Å². The van der Waals surface area contributed by atoms with Crippen LogP contribution in [0.15, 0.2) is 17.5 Å². The molecule has 3 heterocycles. The standard InChI is InChI=1S/C17H25N3O2S/c1-18-17(22)13-6-9-19(10-7-13)12-16(21)20-8-2-4-14(20)15-5-3-11-23-15/h3,5,11,13-14H,2,4,6-10,12H2,1H3,(H,18,22). The Balaban J connectivity index is 1.52. The number of carbonyl (C=O) groups excluding carboxylic acids is 2. The third-order valence-electron chi connectivity index (χ3n) is 5.01. The fourth-order valence-corrected chi connectivity index (χ4v) is 4.55. The SMILES string of the molecule is CNC(=O)C1CCN(CC(=O)N2CCCC2c2cccs2)CC1. The molecular formula is C17H25N3O2S. The Bertz CT molecular complexity index is 538. The zero-order chi connectivity index (χ0) is 16.2. The molecule has 2 fully saturated rings. The van der Waals surface area contributed by atoms with Gasteiger partial charge in [-0.15, -0.1) is 11.3 Å². The van der Waals surface area contributed by atoms with Gasteiger partial charge in [0.1, 0.15) is 0 Å². The lowest BCUT2D eigenvalue weighted by Gasteiger charge is -2.32. The molecule has 0 bridgehead atoms. The maximum absolute atomic E-state index is 12.7. The van der Waals surface area contributed by atoms with E-state index in [1.807, 2.05) is 0 Å². The minimum atomic E-state index is 0.108. The van der Waals surface area contributed by atoms with Gasteiger partial charge < -0.3 is 10.2 Å². The van der Waals surface area contributed by atoms with Crippen molar-refractivity contribution in [2.75, 3.05) is 33.2 Å². The second-order valence-electron chi connectivity index (χ2n) is 6.43. The van der Waals surface area contributed by atoms with E-state index in [0.717, 1.165) is 45.3 Å². The summed E-state index contributed by atoms with van der Waals surface area (Å²) < 4.78 is 0. The number of carbonyl (C=O) groups is 2. The van der Waals surface area contributed by atoms with E-state index < -0.39 is 0 Å². The summed E-state index contributed by atoms with van der Waals surface area (Å²) in [5.41, 5.74) is 0. The number of rotatable bonds is 4. The summed E-state index contributed by atoms with van der Waals surface area (Å²) in [5.74, 6) is 0.476. The molecule has 0 saturated carbocycles. The van der Waals surface area contributed by atoms with Crippen molar-refractivity contribution in [1.82, 2.24) is 15.1 Å². The lowest BCUT2D eigenvalue weighted by Crippen LogP contribution is -2.45. The van der Waals surface area contributed by atoms with E-state index in [9.17, 15) is 9.59 Å². The Morgan fingerprint density at radius 1 is 1.26 bits per heavy atom. The van der Waals surface area contributed by atoms with Gasteiger partial charge in [-0.3, -0.25) is 14.5 Å². The first-order valence-corrected chi connectivity index (χ1v) is 9.34. The molecular weight excluding hydrogens is 310 g/mol. The highest BCUT2D eigenvalue weighted by atomic mass is 32.1. The quantitative estimate of drug-likeness (QED) is 0.914. The van der Waals surface area contributed by atoms with Crippen molar-refractivity contribution < 1.29 is 9.59 Å². The third-order valence-corrected chi connectivity index (χ3v) is 5.98. The molecule has 1 N–H and O–H groups in total. The van der Waals surface area contributed by atoms with Gasteiger partial charge in [0.2, 0.25) is 11.8 Å². The van der Waals surface area contributed by atoms with Crippen molar-refractivity contribution >= 4 is 23.2 Å². The van der Waals surface area contributed by atoms with Gasteiger partial charge in [-0.25, -0.2) is 0 Å². The van der Waals surface area contributed by atoms with E-state index >= 15 is 0 Å². The van der Waals surface area contributed by atoms with Crippen LogP contribution in [-0.4, -0.2) is 54.8 Å². The van der Waals surface area contributed by atoms with E-state index in [1.165, 1.54) is 4.88 Å². The molecule has 1 atom stereocenters. The van der Waals surface area contributed by atoms with Gasteiger partial charge in [-0.2, -0.15) is 0 Å². The molecule has 1 aromatic heterocycles. The molecule has 2 saturated heterocycles. The van der Waals surface area contributed by atoms with Crippen LogP contribution in [0.5, 0.6) is 0 Å². The number of thiophene rings is 1. The fourth-order valence-electron chi connectivity index (χ4n) is 3.68. The van der Waals surface area contributed by atoms with Crippen LogP contribution in [0, 0.1) is 5.92 Å². The van der Waals surface area contributed by atoms with E-state index in [4.69, 9.17) is 0 Å². The van der Waals surface area contributed by atoms with Crippen LogP contribution in [0.25, 0.3) is 0 Å². The molecule has 1 unspecified atom stereocenters. The fraction of sp³-hybridized carbons (Fsp3) is 0.647. The molecule has 2 aliphatic heterocycles. The van der Waals surface area contributed by atoms with Crippen molar-refractivity contribution in [1.29, 1.82) is 0 Å². The van der Waals surface area contributed by atoms with Gasteiger partial charge in [0.25, 0.3) is 0 Å². The second kappa shape index (κ2) is 7.45. The van der Waals surface area contributed by atoms with Crippen LogP contribution < -0.4 is 5.32 Å². The zero-order valence-corrected chi connectivity index (χ0v) is 14.5. The topological polar surface area (TPSA) is 52.7 Å². The maximum atomic E-state index is 12.7. The van der Waals surface area contributed by atoms with E-state index in [1.54, 1.807) is 18.4 Å². The summed E-state index contributed by atoms with van der Waals surface area (Å²) in [6.07, 6.45) is 3.86. The number of piperidine rings is 1. The van der Waals surface area contributed by atoms with Gasteiger partial charge in [0, 0.05) is 24.4 Å². The number of hydrogen-bond donors (Lipinski definition) is 1. The molecule has 2 amide bonds. The molecule has 2 aliphatic rings. The molecule has 0 radical (unpaired) electrons. The highest BCUT2D eigenvalue weighted by Gasteiger charge is 2.32. The van der Waals surface area contributed by atoms with Gasteiger partial charge in [-0.1, -0.05) is 6.07 Å². The molecule has 0 aromatic carbocycles. The maximum Gasteiger partial charge on any atom is 0.237 e. The molecule has 126 valence electrons. The Morgan fingerprint density at radius 2 is 2.04 bits per heavy atom. The summed E-state index contributed by atoms with van der Waals surface area (Å²) in [6.45, 7) is 3.03. The monoisotopic (exact) mass is 335 g/mol. The normalized spacial score (nSPS) is 23.2. The van der Waals surface area contributed by atoms with Gasteiger partial charge in [-0.05, 0) is 50.2 Å². The van der Waals surface area contributed by atoms with Crippen LogP contribution in [-0.2, 0) is 9.59 Å². The minimum Gasteiger partial charge on any atom is -0.359 e. The van der Waals surface area contributed by atoms with Crippen molar-refractivity contribution in [2.45, 2.75) is 31.7 Å². The number of hydrogen-bond acceptors (Lipinski definition) is 4. The smallest absolute Gasteiger partial charge is 0.237 e. The van der Waals surface area contributed by atoms with Crippen LogP contribution in [0.2, 0.25) is 0 Å². The van der Waals surface area contributed by atoms with E-state index in [0.29, 0.717) is 6.54 Å². The van der Waals surface area contributed by atoms with Crippen molar-refractivity contribution in [3.8, 4) is 0 Å². The second-order valence-corrected chi connectivity index (χ2v) is 7.40. The average Bonchev–Trinajstić information content (AvgIpc) is 3.25. The first-order valence-electron chi connectivity index (χ1n) is 8.46. The Hall–Kier alpha value is -1.40. The number of likely N-dealkylation sites (tertiary alicyclic amines) is 2. The molecule has 1 aromatic rings. The van der Waals surface area contributed by atoms with Gasteiger partial charge >= 0.3 is 0 Å². The van der Waals surface area contributed by atoms with E-state index in [2.05, 4.69) is 32.6 Å². The number of nitrogens with one attached hydrogen (secondary N) is 1. The summed E-state index contributed by atoms with van der Waals surface area (Å²) in [6, 6.07) is 4.46. The molecule has 0 spiro atoms. The Kier molecular flexibility index (Phi) is 5.33. The summed E-state index contributed by atoms with van der Waals surface area (Å²) in [5, 5.41) is 4.81. The molecule has 23 heavy (non-hydrogen) atoms. The van der Waals surface area contributed by atoms with Crippen molar-refractivity contribution in [2.24, 2.45) is 5.92 Å². The van der Waals surface area contributed by atoms with Crippen molar-refractivity contribution in [3.63, 3.8) is 0 Å². The summed E-state index contributed by atoms with van der Waals surface area (Å²) in [4.78, 5) is 29.9. The van der Waals surface area contributed by atoms with Crippen LogP contribution in [0.1, 0.15) is 36.6 Å². The molecule has 5 nitrogen and oxygen atoms in total. The van der Waals surface area contributed by atoms with Gasteiger partial charge in [0.05, 0.1) is 12.6 Å². The predicted octanol–water partition coefficient (Wildman–Crippen LogP) is 1.87. The number of nitrogens with zero attached hydrogens (tertiary/aromatic N) is 2. The summed E-state index contributed by atoms with van der Waals surface area (Å²) in [7, 11) is 1.69. The van der Waals surface area contributed by atoms with Crippen molar-refractivity contribution in [3.05, 3.63) is 22.4 Å². The molecule has 0 aliphatic carbocycles. The minimum absolute atomic E-state index is 0.108. The average molecular weight is 335 g/mol. The molecule has 6 heteroatoms. The number of amides is 2. The largest absolute Gasteiger partial charge is 0.359 e. The van der Waals surface area contributed by atoms with Crippen LogP contribution >= 0.6 is 11.3 Å². The highest BCUT2D eigenvalue weighted by Crippen LogP contribution is 2.34. The lowest BCUT2D eigenvalue weighted by atomic mass is 9.96. The zero-order valence-electron chi connectivity index (χ0n) is 13.7. The highest BCUT2D eigenvalue weighted by molar-refractivity contribution is 7.10. The van der Waals surface area contributed by atoms with Crippen LogP contribution in [0.3, 0.4) is 0 Å².